The van der Waals surface area contributed by atoms with Gasteiger partial charge in [0.2, 0.25) is 5.91 Å². The van der Waals surface area contributed by atoms with E-state index in [2.05, 4.69) is 10.1 Å². The van der Waals surface area contributed by atoms with Gasteiger partial charge in [-0.1, -0.05) is 0 Å². The Labute approximate surface area is 131 Å². The number of piperidine rings is 1. The summed E-state index contributed by atoms with van der Waals surface area (Å²) in [4.78, 5) is 28.6. The van der Waals surface area contributed by atoms with Crippen LogP contribution in [0.4, 0.5) is 11.5 Å². The summed E-state index contributed by atoms with van der Waals surface area (Å²) >= 11 is 0. The molecule has 8 nitrogen and oxygen atoms in total. The summed E-state index contributed by atoms with van der Waals surface area (Å²) < 4.78 is 1.50. The summed E-state index contributed by atoms with van der Waals surface area (Å²) in [5.41, 5.74) is 1.79. The van der Waals surface area contributed by atoms with Gasteiger partial charge in [0.25, 0.3) is 0 Å². The Morgan fingerprint density at radius 1 is 1.43 bits per heavy atom. The van der Waals surface area contributed by atoms with Crippen LogP contribution in [-0.4, -0.2) is 32.1 Å². The molecular weight excluding hydrogens is 298 g/mol. The van der Waals surface area contributed by atoms with Gasteiger partial charge in [-0.3, -0.25) is 24.5 Å². The van der Waals surface area contributed by atoms with Crippen molar-refractivity contribution >= 4 is 17.4 Å². The fourth-order valence-electron chi connectivity index (χ4n) is 3.18. The number of nitrogens with zero attached hydrogens (tertiary/aromatic N) is 5. The molecule has 2 aromatic heterocycles. The molecule has 2 aromatic rings. The van der Waals surface area contributed by atoms with Crippen molar-refractivity contribution < 1.29 is 9.72 Å². The van der Waals surface area contributed by atoms with Crippen molar-refractivity contribution in [3.63, 3.8) is 0 Å². The van der Waals surface area contributed by atoms with Crippen molar-refractivity contribution in [2.24, 2.45) is 11.8 Å². The van der Waals surface area contributed by atoms with Gasteiger partial charge in [0.15, 0.2) is 0 Å². The predicted octanol–water partition coefficient (Wildman–Crippen LogP) is 1.53. The van der Waals surface area contributed by atoms with Crippen LogP contribution in [0.1, 0.15) is 17.5 Å². The van der Waals surface area contributed by atoms with E-state index in [0.717, 1.165) is 29.9 Å². The van der Waals surface area contributed by atoms with Crippen LogP contribution in [0.15, 0.2) is 24.7 Å². The van der Waals surface area contributed by atoms with Gasteiger partial charge in [0.05, 0.1) is 11.5 Å². The molecule has 0 bridgehead atoms. The number of amides is 1. The molecule has 1 saturated heterocycles. The van der Waals surface area contributed by atoms with Crippen LogP contribution in [0.5, 0.6) is 0 Å². The number of carbonyl (C=O) groups excluding carboxylic acids is 1. The van der Waals surface area contributed by atoms with Crippen LogP contribution in [0.2, 0.25) is 0 Å². The first-order valence-corrected chi connectivity index (χ1v) is 7.46. The van der Waals surface area contributed by atoms with Crippen molar-refractivity contribution in [1.82, 2.24) is 14.8 Å². The summed E-state index contributed by atoms with van der Waals surface area (Å²) in [7, 11) is 0. The van der Waals surface area contributed by atoms with Gasteiger partial charge in [-0.2, -0.15) is 5.10 Å². The minimum absolute atomic E-state index is 0.0341. The Kier molecular flexibility index (Phi) is 2.93. The van der Waals surface area contributed by atoms with Crippen molar-refractivity contribution in [1.29, 1.82) is 0 Å². The molecule has 1 aliphatic heterocycles. The molecule has 0 spiro atoms. The molecule has 8 heteroatoms. The number of hydrogen-bond acceptors (Lipinski definition) is 5. The third-order valence-electron chi connectivity index (χ3n) is 4.46. The zero-order valence-corrected chi connectivity index (χ0v) is 12.5. The zero-order chi connectivity index (χ0) is 16.1. The minimum atomic E-state index is -0.472. The summed E-state index contributed by atoms with van der Waals surface area (Å²) in [6.45, 7) is 3.10. The highest BCUT2D eigenvalue weighted by Gasteiger charge is 2.53. The first-order valence-electron chi connectivity index (χ1n) is 7.46. The topological polar surface area (TPSA) is 94.2 Å². The predicted molar refractivity (Wildman–Crippen MR) is 80.9 cm³/mol. The number of pyridine rings is 1. The fourth-order valence-corrected chi connectivity index (χ4v) is 3.18. The quantitative estimate of drug-likeness (QED) is 0.630. The number of aromatic nitrogens is 3. The lowest BCUT2D eigenvalue weighted by Crippen LogP contribution is -2.29. The highest BCUT2D eigenvalue weighted by molar-refractivity contribution is 5.99. The average Bonchev–Trinajstić information content (AvgIpc) is 2.99. The Hall–Kier alpha value is -2.77. The van der Waals surface area contributed by atoms with E-state index in [1.165, 1.54) is 17.1 Å². The molecular formula is C15H15N5O3. The molecule has 23 heavy (non-hydrogen) atoms. The van der Waals surface area contributed by atoms with Crippen LogP contribution in [0.25, 0.3) is 0 Å². The number of hydrogen-bond donors (Lipinski definition) is 0. The van der Waals surface area contributed by atoms with Gasteiger partial charge in [0, 0.05) is 18.7 Å². The average molecular weight is 313 g/mol. The largest absolute Gasteiger partial charge is 0.307 e. The Bertz CT molecular complexity index is 815. The molecule has 1 amide bonds. The number of aryl methyl sites for hydroxylation is 1. The first-order chi connectivity index (χ1) is 11.0. The number of nitro groups is 1. The third-order valence-corrected chi connectivity index (χ3v) is 4.46. The Balaban J connectivity index is 1.53. The normalized spacial score (nSPS) is 22.3. The first kappa shape index (κ1) is 13.9. The van der Waals surface area contributed by atoms with Gasteiger partial charge in [-0.15, -0.1) is 0 Å². The highest BCUT2D eigenvalue weighted by Crippen LogP contribution is 2.47. The molecule has 0 N–H and O–H groups in total. The maximum atomic E-state index is 12.2. The SMILES string of the molecule is Cc1cc(Cn2cc([N+](=O)[O-])cn2)cnc1N1C[C@H]2C[C@H]2C1=O. The van der Waals surface area contributed by atoms with E-state index in [1.807, 2.05) is 13.0 Å². The smallest absolute Gasteiger partial charge is 0.296 e. The lowest BCUT2D eigenvalue weighted by molar-refractivity contribution is -0.385. The maximum absolute atomic E-state index is 12.2. The molecule has 2 aliphatic rings. The van der Waals surface area contributed by atoms with Crippen molar-refractivity contribution in [2.75, 3.05) is 11.4 Å². The highest BCUT2D eigenvalue weighted by atomic mass is 16.6. The van der Waals surface area contributed by atoms with E-state index in [-0.39, 0.29) is 17.5 Å². The number of anilines is 1. The summed E-state index contributed by atoms with van der Waals surface area (Å²) in [6.07, 6.45) is 5.34. The fraction of sp³-hybridized carbons (Fsp3) is 0.400. The molecule has 0 aromatic carbocycles. The maximum Gasteiger partial charge on any atom is 0.307 e. The zero-order valence-electron chi connectivity index (χ0n) is 12.5. The van der Waals surface area contributed by atoms with Gasteiger partial charge in [0.1, 0.15) is 18.2 Å². The molecule has 1 saturated carbocycles. The molecule has 2 fully saturated rings. The van der Waals surface area contributed by atoms with E-state index >= 15 is 0 Å². The van der Waals surface area contributed by atoms with E-state index in [4.69, 9.17) is 0 Å². The van der Waals surface area contributed by atoms with Crippen LogP contribution in [0.3, 0.4) is 0 Å². The molecule has 1 aliphatic carbocycles. The van der Waals surface area contributed by atoms with Crippen LogP contribution in [-0.2, 0) is 11.3 Å². The van der Waals surface area contributed by atoms with E-state index in [9.17, 15) is 14.9 Å². The lowest BCUT2D eigenvalue weighted by atomic mass is 10.2. The summed E-state index contributed by atoms with van der Waals surface area (Å²) in [5.74, 6) is 1.62. The molecule has 118 valence electrons. The van der Waals surface area contributed by atoms with Crippen LogP contribution >= 0.6 is 0 Å². The van der Waals surface area contributed by atoms with Gasteiger partial charge in [-0.05, 0) is 36.5 Å². The second kappa shape index (κ2) is 4.87. The Morgan fingerprint density at radius 3 is 2.87 bits per heavy atom. The summed E-state index contributed by atoms with van der Waals surface area (Å²) in [6, 6.07) is 1.95. The van der Waals surface area contributed by atoms with Crippen LogP contribution in [0, 0.1) is 28.9 Å². The molecule has 2 atom stereocenters. The number of rotatable bonds is 4. The van der Waals surface area contributed by atoms with E-state index < -0.39 is 4.92 Å². The van der Waals surface area contributed by atoms with Gasteiger partial charge < -0.3 is 0 Å². The van der Waals surface area contributed by atoms with Crippen molar-refractivity contribution in [2.45, 2.75) is 19.9 Å². The standard InChI is InChI=1S/C15H15N5O3/c1-9-2-10(6-18-8-12(5-17-18)20(22)23)4-16-14(9)19-7-11-3-13(11)15(19)21/h2,4-5,8,11,13H,3,6-7H2,1H3/t11-,13-/m1/s1. The number of fused-ring (bicyclic) bond motifs is 1. The third kappa shape index (κ3) is 2.36. The van der Waals surface area contributed by atoms with Crippen LogP contribution < -0.4 is 4.90 Å². The monoisotopic (exact) mass is 313 g/mol. The van der Waals surface area contributed by atoms with Crippen molar-refractivity contribution in [3.8, 4) is 0 Å². The molecule has 0 radical (unpaired) electrons. The second-order valence-corrected chi connectivity index (χ2v) is 6.19. The summed E-state index contributed by atoms with van der Waals surface area (Å²) in [5, 5.41) is 14.6. The van der Waals surface area contributed by atoms with Gasteiger partial charge >= 0.3 is 5.69 Å². The van der Waals surface area contributed by atoms with Gasteiger partial charge in [-0.25, -0.2) is 4.98 Å². The number of carbonyl (C=O) groups is 1. The second-order valence-electron chi connectivity index (χ2n) is 6.19. The van der Waals surface area contributed by atoms with E-state index in [0.29, 0.717) is 12.5 Å². The van der Waals surface area contributed by atoms with E-state index in [1.54, 1.807) is 11.1 Å². The Morgan fingerprint density at radius 2 is 2.26 bits per heavy atom. The molecule has 0 unspecified atom stereocenters. The minimum Gasteiger partial charge on any atom is -0.296 e. The van der Waals surface area contributed by atoms with Crippen molar-refractivity contribution in [3.05, 3.63) is 45.9 Å². The molecule has 4 rings (SSSR count). The molecule has 3 heterocycles. The lowest BCUT2D eigenvalue weighted by Gasteiger charge is -2.19.